The Morgan fingerprint density at radius 1 is 1.16 bits per heavy atom. The Balaban J connectivity index is 1.45. The first-order valence-electron chi connectivity index (χ1n) is 10.0. The highest BCUT2D eigenvalue weighted by Gasteiger charge is 2.44. The molecule has 11 nitrogen and oxygen atoms in total. The summed E-state index contributed by atoms with van der Waals surface area (Å²) < 4.78 is 7.05. The lowest BCUT2D eigenvalue weighted by molar-refractivity contribution is -0.0511. The van der Waals surface area contributed by atoms with E-state index >= 15 is 0 Å². The van der Waals surface area contributed by atoms with Crippen molar-refractivity contribution in [2.45, 2.75) is 24.5 Å². The van der Waals surface area contributed by atoms with Crippen molar-refractivity contribution in [3.05, 3.63) is 48.6 Å². The second kappa shape index (κ2) is 9.40. The van der Waals surface area contributed by atoms with Crippen LogP contribution >= 0.6 is 0 Å². The average Bonchev–Trinajstić information content (AvgIpc) is 3.35. The van der Waals surface area contributed by atoms with Crippen molar-refractivity contribution in [3.8, 4) is 0 Å². The SMILES string of the molecule is CN(C)c1ccc(/C=C/C=NNc2ncnc3c2ncn3[C@@H]2O[C@H](CO)[C@@H](O)[C@H]2O)cc1. The Labute approximate surface area is 184 Å². The number of nitrogens with one attached hydrogen (secondary N) is 1. The lowest BCUT2D eigenvalue weighted by Crippen LogP contribution is -2.33. The third-order valence-electron chi connectivity index (χ3n) is 5.18. The van der Waals surface area contributed by atoms with Gasteiger partial charge in [-0.2, -0.15) is 5.10 Å². The number of anilines is 2. The highest BCUT2D eigenvalue weighted by atomic mass is 16.6. The quantitative estimate of drug-likeness (QED) is 0.308. The van der Waals surface area contributed by atoms with Crippen molar-refractivity contribution in [3.63, 3.8) is 0 Å². The summed E-state index contributed by atoms with van der Waals surface area (Å²) in [6, 6.07) is 8.11. The van der Waals surface area contributed by atoms with Crippen LogP contribution in [-0.4, -0.2) is 80.1 Å². The number of fused-ring (bicyclic) bond motifs is 1. The fourth-order valence-corrected chi connectivity index (χ4v) is 3.41. The first-order chi connectivity index (χ1) is 15.5. The molecule has 1 aromatic carbocycles. The maximum Gasteiger partial charge on any atom is 0.177 e. The first kappa shape index (κ1) is 21.8. The molecule has 3 heterocycles. The highest BCUT2D eigenvalue weighted by molar-refractivity contribution is 5.84. The van der Waals surface area contributed by atoms with Gasteiger partial charge >= 0.3 is 0 Å². The number of hydrazone groups is 1. The molecule has 0 radical (unpaired) electrons. The van der Waals surface area contributed by atoms with Gasteiger partial charge in [-0.1, -0.05) is 18.2 Å². The van der Waals surface area contributed by atoms with Gasteiger partial charge in [0.2, 0.25) is 0 Å². The summed E-state index contributed by atoms with van der Waals surface area (Å²) in [5.74, 6) is 0.375. The summed E-state index contributed by atoms with van der Waals surface area (Å²) in [4.78, 5) is 14.7. The average molecular weight is 439 g/mol. The van der Waals surface area contributed by atoms with Crippen LogP contribution in [0.4, 0.5) is 11.5 Å². The number of nitrogens with zero attached hydrogens (tertiary/aromatic N) is 6. The van der Waals surface area contributed by atoms with Crippen molar-refractivity contribution in [1.29, 1.82) is 0 Å². The molecule has 4 atom stereocenters. The Kier molecular flexibility index (Phi) is 6.42. The van der Waals surface area contributed by atoms with Gasteiger partial charge in [0.1, 0.15) is 24.6 Å². The molecule has 3 aromatic rings. The second-order valence-corrected chi connectivity index (χ2v) is 7.51. The van der Waals surface area contributed by atoms with E-state index in [0.29, 0.717) is 17.0 Å². The molecule has 0 spiro atoms. The topological polar surface area (TPSA) is 141 Å². The zero-order chi connectivity index (χ0) is 22.7. The van der Waals surface area contributed by atoms with E-state index in [1.54, 1.807) is 12.3 Å². The molecule has 1 saturated heterocycles. The third kappa shape index (κ3) is 4.32. The van der Waals surface area contributed by atoms with Gasteiger partial charge in [-0.05, 0) is 23.8 Å². The van der Waals surface area contributed by atoms with Crippen LogP contribution in [0.15, 0.2) is 48.1 Å². The molecule has 0 amide bonds. The fourth-order valence-electron chi connectivity index (χ4n) is 3.41. The molecular weight excluding hydrogens is 414 g/mol. The van der Waals surface area contributed by atoms with E-state index < -0.39 is 31.1 Å². The molecule has 4 rings (SSSR count). The van der Waals surface area contributed by atoms with Crippen LogP contribution in [0.2, 0.25) is 0 Å². The van der Waals surface area contributed by atoms with E-state index in [1.807, 2.05) is 49.3 Å². The summed E-state index contributed by atoms with van der Waals surface area (Å²) in [7, 11) is 3.99. The van der Waals surface area contributed by atoms with E-state index in [-0.39, 0.29) is 0 Å². The van der Waals surface area contributed by atoms with Crippen LogP contribution in [0.5, 0.6) is 0 Å². The van der Waals surface area contributed by atoms with Crippen molar-refractivity contribution >= 4 is 35.0 Å². The number of imidazole rings is 1. The standard InChI is InChI=1S/C21H25N7O4/c1-27(2)14-7-5-13(6-8-14)4-3-9-25-26-19-16-20(23-11-22-19)28(12-24-16)21-18(31)17(30)15(10-29)32-21/h3-9,11-12,15,17-18,21,29-31H,10H2,1-2H3,(H,22,23,26)/b4-3+,25-9?/t15-,17-,18-,21-/m1/s1. The number of benzene rings is 1. The Hall–Kier alpha value is -3.38. The number of aliphatic hydroxyl groups excluding tert-OH is 3. The molecular formula is C21H25N7O4. The lowest BCUT2D eigenvalue weighted by atomic mass is 10.1. The van der Waals surface area contributed by atoms with Crippen LogP contribution in [0.3, 0.4) is 0 Å². The summed E-state index contributed by atoms with van der Waals surface area (Å²) in [5.41, 5.74) is 5.82. The van der Waals surface area contributed by atoms with E-state index in [0.717, 1.165) is 11.3 Å². The highest BCUT2D eigenvalue weighted by Crippen LogP contribution is 2.32. The van der Waals surface area contributed by atoms with E-state index in [9.17, 15) is 15.3 Å². The number of aliphatic hydroxyl groups is 3. The smallest absolute Gasteiger partial charge is 0.177 e. The Bertz CT molecular complexity index is 1110. The number of rotatable bonds is 7. The third-order valence-corrected chi connectivity index (χ3v) is 5.18. The van der Waals surface area contributed by atoms with Gasteiger partial charge in [0.25, 0.3) is 0 Å². The molecule has 32 heavy (non-hydrogen) atoms. The second-order valence-electron chi connectivity index (χ2n) is 7.51. The summed E-state index contributed by atoms with van der Waals surface area (Å²) in [5, 5.41) is 33.7. The number of hydrogen-bond acceptors (Lipinski definition) is 10. The molecule has 0 bridgehead atoms. The molecule has 0 unspecified atom stereocenters. The van der Waals surface area contributed by atoms with Gasteiger partial charge in [0.05, 0.1) is 12.9 Å². The van der Waals surface area contributed by atoms with E-state index in [1.165, 1.54) is 17.2 Å². The van der Waals surface area contributed by atoms with Crippen molar-refractivity contribution < 1.29 is 20.1 Å². The van der Waals surface area contributed by atoms with Gasteiger partial charge in [0.15, 0.2) is 23.2 Å². The van der Waals surface area contributed by atoms with E-state index in [4.69, 9.17) is 4.74 Å². The number of ether oxygens (including phenoxy) is 1. The minimum atomic E-state index is -1.23. The van der Waals surface area contributed by atoms with Crippen LogP contribution in [-0.2, 0) is 4.74 Å². The zero-order valence-electron chi connectivity index (χ0n) is 17.6. The maximum atomic E-state index is 10.3. The number of allylic oxidation sites excluding steroid dienone is 1. The predicted molar refractivity (Wildman–Crippen MR) is 120 cm³/mol. The molecule has 1 fully saturated rings. The van der Waals surface area contributed by atoms with Gasteiger partial charge in [-0.25, -0.2) is 15.0 Å². The van der Waals surface area contributed by atoms with Gasteiger partial charge in [-0.3, -0.25) is 9.99 Å². The van der Waals surface area contributed by atoms with Crippen LogP contribution in [0.25, 0.3) is 17.2 Å². The molecule has 168 valence electrons. The predicted octanol–water partition coefficient (Wildman–Crippen LogP) is 0.615. The normalized spacial score (nSPS) is 23.5. The molecule has 11 heteroatoms. The number of hydrogen-bond donors (Lipinski definition) is 4. The molecule has 1 aliphatic rings. The molecule has 4 N–H and O–H groups in total. The summed E-state index contributed by atoms with van der Waals surface area (Å²) >= 11 is 0. The minimum Gasteiger partial charge on any atom is -0.394 e. The van der Waals surface area contributed by atoms with E-state index in [2.05, 4.69) is 25.5 Å². The summed E-state index contributed by atoms with van der Waals surface area (Å²) in [6.45, 7) is -0.412. The van der Waals surface area contributed by atoms with Crippen molar-refractivity contribution in [2.24, 2.45) is 5.10 Å². The molecule has 0 aliphatic carbocycles. The fraction of sp³-hybridized carbons (Fsp3) is 0.333. The molecule has 0 saturated carbocycles. The monoisotopic (exact) mass is 439 g/mol. The van der Waals surface area contributed by atoms with Crippen LogP contribution in [0, 0.1) is 0 Å². The largest absolute Gasteiger partial charge is 0.394 e. The Morgan fingerprint density at radius 3 is 2.62 bits per heavy atom. The Morgan fingerprint density at radius 2 is 1.94 bits per heavy atom. The van der Waals surface area contributed by atoms with Crippen molar-refractivity contribution in [1.82, 2.24) is 19.5 Å². The lowest BCUT2D eigenvalue weighted by Gasteiger charge is -2.16. The van der Waals surface area contributed by atoms with Crippen LogP contribution < -0.4 is 10.3 Å². The van der Waals surface area contributed by atoms with Crippen molar-refractivity contribution in [2.75, 3.05) is 31.0 Å². The first-order valence-corrected chi connectivity index (χ1v) is 10.0. The maximum absolute atomic E-state index is 10.3. The van der Waals surface area contributed by atoms with Gasteiger partial charge in [0, 0.05) is 26.0 Å². The van der Waals surface area contributed by atoms with Gasteiger partial charge < -0.3 is 25.0 Å². The molecule has 1 aliphatic heterocycles. The minimum absolute atomic E-state index is 0.375. The summed E-state index contributed by atoms with van der Waals surface area (Å²) in [6.07, 6.45) is 3.83. The molecule has 2 aromatic heterocycles. The van der Waals surface area contributed by atoms with Crippen LogP contribution in [0.1, 0.15) is 11.8 Å². The zero-order valence-corrected chi connectivity index (χ0v) is 17.6. The number of aromatic nitrogens is 4. The van der Waals surface area contributed by atoms with Gasteiger partial charge in [-0.15, -0.1) is 0 Å².